The van der Waals surface area contributed by atoms with Crippen LogP contribution >= 0.6 is 0 Å². The molecule has 0 saturated heterocycles. The predicted molar refractivity (Wildman–Crippen MR) is 62.6 cm³/mol. The Hall–Kier alpha value is -1.35. The number of carboxylic acid groups (broad SMARTS) is 1. The highest BCUT2D eigenvalue weighted by atomic mass is 16.4. The predicted octanol–water partition coefficient (Wildman–Crippen LogP) is 2.48. The molecule has 3 heteroatoms. The zero-order chi connectivity index (χ0) is 12.0. The monoisotopic (exact) mass is 222 g/mol. The summed E-state index contributed by atoms with van der Waals surface area (Å²) in [5.74, 6) is -0.918. The largest absolute Gasteiger partial charge is 0.478 e. The van der Waals surface area contributed by atoms with E-state index in [1.54, 1.807) is 24.3 Å². The summed E-state index contributed by atoms with van der Waals surface area (Å²) in [6.45, 7) is 2.09. The third-order valence-corrected chi connectivity index (χ3v) is 2.56. The van der Waals surface area contributed by atoms with Crippen molar-refractivity contribution in [3.63, 3.8) is 0 Å². The summed E-state index contributed by atoms with van der Waals surface area (Å²) < 4.78 is 0. The molecule has 0 aliphatic carbocycles. The minimum atomic E-state index is -0.918. The van der Waals surface area contributed by atoms with Gasteiger partial charge in [-0.05, 0) is 30.5 Å². The summed E-state index contributed by atoms with van der Waals surface area (Å²) in [6, 6.07) is 6.67. The molecule has 0 aliphatic heterocycles. The number of hydrogen-bond donors (Lipinski definition) is 2. The summed E-state index contributed by atoms with van der Waals surface area (Å²) in [5, 5.41) is 18.4. The zero-order valence-electron chi connectivity index (χ0n) is 9.52. The van der Waals surface area contributed by atoms with Gasteiger partial charge in [0.25, 0.3) is 0 Å². The Bertz CT molecular complexity index is 330. The van der Waals surface area contributed by atoms with Crippen molar-refractivity contribution in [2.24, 2.45) is 0 Å². The molecule has 1 aromatic carbocycles. The number of carboxylic acids is 1. The fraction of sp³-hybridized carbons (Fsp3) is 0.462. The molecule has 1 aromatic rings. The molecule has 0 amide bonds. The lowest BCUT2D eigenvalue weighted by Crippen LogP contribution is -2.10. The lowest BCUT2D eigenvalue weighted by atomic mass is 10.0. The molecule has 0 heterocycles. The van der Waals surface area contributed by atoms with Crippen molar-refractivity contribution >= 4 is 5.97 Å². The van der Waals surface area contributed by atoms with Gasteiger partial charge >= 0.3 is 5.97 Å². The van der Waals surface area contributed by atoms with E-state index in [4.69, 9.17) is 5.11 Å². The van der Waals surface area contributed by atoms with Crippen LogP contribution in [0.15, 0.2) is 24.3 Å². The molecule has 2 N–H and O–H groups in total. The first-order valence-electron chi connectivity index (χ1n) is 5.63. The standard InChI is InChI=1S/C13H18O3/c1-2-3-4-12(14)9-10-5-7-11(8-6-10)13(15)16/h5-8,12,14H,2-4,9H2,1H3,(H,15,16). The second kappa shape index (κ2) is 6.28. The van der Waals surface area contributed by atoms with Crippen LogP contribution in [0.1, 0.15) is 42.1 Å². The first-order chi connectivity index (χ1) is 7.63. The van der Waals surface area contributed by atoms with E-state index < -0.39 is 5.97 Å². The fourth-order valence-corrected chi connectivity index (χ4v) is 1.60. The molecule has 1 rings (SSSR count). The van der Waals surface area contributed by atoms with E-state index in [1.807, 2.05) is 0 Å². The van der Waals surface area contributed by atoms with Crippen molar-refractivity contribution in [1.29, 1.82) is 0 Å². The van der Waals surface area contributed by atoms with Gasteiger partial charge in [-0.3, -0.25) is 0 Å². The number of unbranched alkanes of at least 4 members (excludes halogenated alkanes) is 1. The normalized spacial score (nSPS) is 12.4. The van der Waals surface area contributed by atoms with Gasteiger partial charge in [0.05, 0.1) is 11.7 Å². The molecular weight excluding hydrogens is 204 g/mol. The molecule has 3 nitrogen and oxygen atoms in total. The second-order valence-electron chi connectivity index (χ2n) is 4.00. The third-order valence-electron chi connectivity index (χ3n) is 2.56. The van der Waals surface area contributed by atoms with Crippen LogP contribution in [-0.2, 0) is 6.42 Å². The van der Waals surface area contributed by atoms with Crippen LogP contribution in [0, 0.1) is 0 Å². The van der Waals surface area contributed by atoms with Gasteiger partial charge in [0.2, 0.25) is 0 Å². The molecule has 0 fully saturated rings. The van der Waals surface area contributed by atoms with Gasteiger partial charge in [-0.15, -0.1) is 0 Å². The van der Waals surface area contributed by atoms with Crippen molar-refractivity contribution < 1.29 is 15.0 Å². The van der Waals surface area contributed by atoms with Gasteiger partial charge in [-0.1, -0.05) is 31.9 Å². The third kappa shape index (κ3) is 4.03. The van der Waals surface area contributed by atoms with Crippen molar-refractivity contribution in [2.75, 3.05) is 0 Å². The summed E-state index contributed by atoms with van der Waals surface area (Å²) in [5.41, 5.74) is 1.26. The van der Waals surface area contributed by atoms with E-state index in [2.05, 4.69) is 6.92 Å². The maximum atomic E-state index is 10.6. The van der Waals surface area contributed by atoms with Gasteiger partial charge in [0, 0.05) is 0 Å². The Morgan fingerprint density at radius 3 is 2.44 bits per heavy atom. The zero-order valence-corrected chi connectivity index (χ0v) is 9.52. The molecule has 0 radical (unpaired) electrons. The highest BCUT2D eigenvalue weighted by Gasteiger charge is 2.06. The molecular formula is C13H18O3. The quantitative estimate of drug-likeness (QED) is 0.777. The Labute approximate surface area is 95.7 Å². The van der Waals surface area contributed by atoms with Gasteiger partial charge in [-0.2, -0.15) is 0 Å². The minimum absolute atomic E-state index is 0.284. The van der Waals surface area contributed by atoms with E-state index in [1.165, 1.54) is 0 Å². The van der Waals surface area contributed by atoms with Gasteiger partial charge in [0.15, 0.2) is 0 Å². The molecule has 0 saturated carbocycles. The SMILES string of the molecule is CCCCC(O)Cc1ccc(C(=O)O)cc1. The molecule has 88 valence electrons. The summed E-state index contributed by atoms with van der Waals surface area (Å²) in [7, 11) is 0. The van der Waals surface area contributed by atoms with Crippen LogP contribution in [0.3, 0.4) is 0 Å². The van der Waals surface area contributed by atoms with Gasteiger partial charge in [-0.25, -0.2) is 4.79 Å². The first kappa shape index (κ1) is 12.7. The fourth-order valence-electron chi connectivity index (χ4n) is 1.60. The van der Waals surface area contributed by atoms with Crippen LogP contribution in [0.25, 0.3) is 0 Å². The summed E-state index contributed by atoms with van der Waals surface area (Å²) >= 11 is 0. The van der Waals surface area contributed by atoms with Crippen LogP contribution in [0.5, 0.6) is 0 Å². The van der Waals surface area contributed by atoms with Crippen molar-refractivity contribution in [3.8, 4) is 0 Å². The van der Waals surface area contributed by atoms with Crippen LogP contribution in [0.2, 0.25) is 0 Å². The van der Waals surface area contributed by atoms with E-state index in [0.29, 0.717) is 6.42 Å². The lowest BCUT2D eigenvalue weighted by Gasteiger charge is -2.09. The number of aromatic carboxylic acids is 1. The van der Waals surface area contributed by atoms with Crippen molar-refractivity contribution in [1.82, 2.24) is 0 Å². The summed E-state index contributed by atoms with van der Waals surface area (Å²) in [4.78, 5) is 10.6. The number of aliphatic hydroxyl groups excluding tert-OH is 1. The molecule has 1 unspecified atom stereocenters. The Morgan fingerprint density at radius 2 is 1.94 bits per heavy atom. The number of rotatable bonds is 6. The second-order valence-corrected chi connectivity index (χ2v) is 4.00. The van der Waals surface area contributed by atoms with E-state index in [0.717, 1.165) is 24.8 Å². The van der Waals surface area contributed by atoms with E-state index in [9.17, 15) is 9.90 Å². The van der Waals surface area contributed by atoms with Crippen molar-refractivity contribution in [3.05, 3.63) is 35.4 Å². The van der Waals surface area contributed by atoms with Gasteiger partial charge in [0.1, 0.15) is 0 Å². The molecule has 0 aromatic heterocycles. The minimum Gasteiger partial charge on any atom is -0.478 e. The highest BCUT2D eigenvalue weighted by Crippen LogP contribution is 2.10. The van der Waals surface area contributed by atoms with Gasteiger partial charge < -0.3 is 10.2 Å². The lowest BCUT2D eigenvalue weighted by molar-refractivity contribution is 0.0697. The average Bonchev–Trinajstić information content (AvgIpc) is 2.27. The van der Waals surface area contributed by atoms with Crippen LogP contribution < -0.4 is 0 Å². The average molecular weight is 222 g/mol. The summed E-state index contributed by atoms with van der Waals surface area (Å²) in [6.07, 6.45) is 3.18. The van der Waals surface area contributed by atoms with E-state index in [-0.39, 0.29) is 11.7 Å². The molecule has 1 atom stereocenters. The maximum absolute atomic E-state index is 10.6. The van der Waals surface area contributed by atoms with Crippen LogP contribution in [0.4, 0.5) is 0 Å². The maximum Gasteiger partial charge on any atom is 0.335 e. The Kier molecular flexibility index (Phi) is 4.99. The first-order valence-corrected chi connectivity index (χ1v) is 5.63. The number of carbonyl (C=O) groups is 1. The number of aliphatic hydroxyl groups is 1. The van der Waals surface area contributed by atoms with Crippen molar-refractivity contribution in [2.45, 2.75) is 38.7 Å². The van der Waals surface area contributed by atoms with Crippen LogP contribution in [-0.4, -0.2) is 22.3 Å². The Morgan fingerprint density at radius 1 is 1.31 bits per heavy atom. The van der Waals surface area contributed by atoms with E-state index >= 15 is 0 Å². The molecule has 0 bridgehead atoms. The number of hydrogen-bond acceptors (Lipinski definition) is 2. The topological polar surface area (TPSA) is 57.5 Å². The Balaban J connectivity index is 2.51. The number of benzene rings is 1. The molecule has 0 spiro atoms. The molecule has 0 aliphatic rings. The smallest absolute Gasteiger partial charge is 0.335 e. The molecule has 16 heavy (non-hydrogen) atoms. The highest BCUT2D eigenvalue weighted by molar-refractivity contribution is 5.87.